The van der Waals surface area contributed by atoms with Crippen LogP contribution in [0.5, 0.6) is 0 Å². The van der Waals surface area contributed by atoms with Crippen LogP contribution in [0.25, 0.3) is 104 Å². The molecule has 0 saturated heterocycles. The maximum Gasteiger partial charge on any atom is 0.0619 e. The standard InChI is InChI=1S/C50H31N/c1-2-14-34(15-3-1)47-41-18-8-10-20-43(41)48(44-21-11-9-19-42(44)47)37-23-22-36-31-38(27-24-35(36)30-37)51-49-39-16-6-4-12-32(39)25-28-45(49)46-29-26-33-13-5-7-17-40(33)50(46)51/h1-31H. The van der Waals surface area contributed by atoms with Crippen molar-refractivity contribution in [3.8, 4) is 27.9 Å². The van der Waals surface area contributed by atoms with Gasteiger partial charge in [0.1, 0.15) is 0 Å². The van der Waals surface area contributed by atoms with Crippen LogP contribution in [0.2, 0.25) is 0 Å². The first-order valence-corrected chi connectivity index (χ1v) is 17.7. The van der Waals surface area contributed by atoms with Crippen LogP contribution in [0.3, 0.4) is 0 Å². The molecule has 1 aromatic heterocycles. The van der Waals surface area contributed by atoms with E-state index in [1.807, 2.05) is 0 Å². The second-order valence-corrected chi connectivity index (χ2v) is 13.7. The molecule has 0 amide bonds. The second kappa shape index (κ2) is 10.9. The molecule has 11 aromatic rings. The van der Waals surface area contributed by atoms with E-state index in [1.54, 1.807) is 0 Å². The normalized spacial score (nSPS) is 11.9. The summed E-state index contributed by atoms with van der Waals surface area (Å²) in [5.41, 5.74) is 8.74. The van der Waals surface area contributed by atoms with Crippen molar-refractivity contribution >= 4 is 75.7 Å². The molecule has 0 atom stereocenters. The minimum atomic E-state index is 1.17. The average molecular weight is 646 g/mol. The van der Waals surface area contributed by atoms with Gasteiger partial charge < -0.3 is 4.57 Å². The van der Waals surface area contributed by atoms with Gasteiger partial charge >= 0.3 is 0 Å². The van der Waals surface area contributed by atoms with E-state index in [1.165, 1.54) is 104 Å². The Hall–Kier alpha value is -6.70. The Morgan fingerprint density at radius 1 is 0.255 bits per heavy atom. The highest BCUT2D eigenvalue weighted by atomic mass is 15.0. The molecule has 0 bridgehead atoms. The van der Waals surface area contributed by atoms with Crippen molar-refractivity contribution in [3.05, 3.63) is 188 Å². The predicted molar refractivity (Wildman–Crippen MR) is 219 cm³/mol. The Labute approximate surface area is 295 Å². The number of hydrogen-bond donors (Lipinski definition) is 0. The third-order valence-corrected chi connectivity index (χ3v) is 10.9. The summed E-state index contributed by atoms with van der Waals surface area (Å²) in [5, 5.41) is 15.1. The summed E-state index contributed by atoms with van der Waals surface area (Å²) < 4.78 is 2.51. The SMILES string of the molecule is c1ccc(-c2c3ccccc3c(-c3ccc4cc(-n5c6c7ccccc7ccc6c6ccc7ccccc7c65)ccc4c3)c3ccccc23)cc1. The van der Waals surface area contributed by atoms with E-state index in [0.29, 0.717) is 0 Å². The third-order valence-electron chi connectivity index (χ3n) is 10.9. The van der Waals surface area contributed by atoms with Crippen molar-refractivity contribution in [2.45, 2.75) is 0 Å². The summed E-state index contributed by atoms with van der Waals surface area (Å²) in [7, 11) is 0. The summed E-state index contributed by atoms with van der Waals surface area (Å²) in [6.07, 6.45) is 0. The van der Waals surface area contributed by atoms with Crippen LogP contribution in [0.15, 0.2) is 188 Å². The lowest BCUT2D eigenvalue weighted by atomic mass is 9.85. The number of benzene rings is 10. The lowest BCUT2D eigenvalue weighted by Gasteiger charge is -2.18. The molecule has 0 radical (unpaired) electrons. The first-order chi connectivity index (χ1) is 25.3. The maximum absolute atomic E-state index is 2.51. The van der Waals surface area contributed by atoms with Gasteiger partial charge in [-0.1, -0.05) is 170 Å². The zero-order valence-corrected chi connectivity index (χ0v) is 27.8. The topological polar surface area (TPSA) is 4.93 Å². The van der Waals surface area contributed by atoms with Crippen molar-refractivity contribution in [1.29, 1.82) is 0 Å². The second-order valence-electron chi connectivity index (χ2n) is 13.7. The number of fused-ring (bicyclic) bond motifs is 10. The van der Waals surface area contributed by atoms with E-state index < -0.39 is 0 Å². The number of nitrogens with zero attached hydrogens (tertiary/aromatic N) is 1. The molecule has 0 aliphatic carbocycles. The van der Waals surface area contributed by atoms with Crippen LogP contribution in [-0.2, 0) is 0 Å². The van der Waals surface area contributed by atoms with Crippen LogP contribution in [0.1, 0.15) is 0 Å². The minimum absolute atomic E-state index is 1.17. The molecule has 51 heavy (non-hydrogen) atoms. The highest BCUT2D eigenvalue weighted by Crippen LogP contribution is 2.45. The van der Waals surface area contributed by atoms with E-state index >= 15 is 0 Å². The first-order valence-electron chi connectivity index (χ1n) is 17.7. The van der Waals surface area contributed by atoms with Crippen molar-refractivity contribution in [2.24, 2.45) is 0 Å². The zero-order valence-electron chi connectivity index (χ0n) is 27.8. The Morgan fingerprint density at radius 3 is 1.25 bits per heavy atom. The Balaban J connectivity index is 1.16. The van der Waals surface area contributed by atoms with Crippen molar-refractivity contribution in [1.82, 2.24) is 4.57 Å². The van der Waals surface area contributed by atoms with Gasteiger partial charge in [-0.3, -0.25) is 0 Å². The molecule has 0 saturated carbocycles. The van der Waals surface area contributed by atoms with Gasteiger partial charge in [-0.05, 0) is 83.5 Å². The molecule has 1 heterocycles. The number of rotatable bonds is 3. The fraction of sp³-hybridized carbons (Fsp3) is 0. The highest BCUT2D eigenvalue weighted by Gasteiger charge is 2.19. The molecule has 1 nitrogen and oxygen atoms in total. The molecule has 11 rings (SSSR count). The van der Waals surface area contributed by atoms with E-state index in [9.17, 15) is 0 Å². The van der Waals surface area contributed by atoms with Gasteiger partial charge in [-0.15, -0.1) is 0 Å². The fourth-order valence-corrected chi connectivity index (χ4v) is 8.68. The van der Waals surface area contributed by atoms with Crippen LogP contribution in [0.4, 0.5) is 0 Å². The third kappa shape index (κ3) is 4.16. The van der Waals surface area contributed by atoms with Gasteiger partial charge in [-0.25, -0.2) is 0 Å². The molecule has 0 spiro atoms. The zero-order chi connectivity index (χ0) is 33.5. The largest absolute Gasteiger partial charge is 0.308 e. The average Bonchev–Trinajstić information content (AvgIpc) is 3.55. The quantitative estimate of drug-likeness (QED) is 0.169. The molecule has 10 aromatic carbocycles. The molecule has 1 heteroatoms. The monoisotopic (exact) mass is 645 g/mol. The van der Waals surface area contributed by atoms with E-state index in [-0.39, 0.29) is 0 Å². The summed E-state index contributed by atoms with van der Waals surface area (Å²) in [6, 6.07) is 69.3. The van der Waals surface area contributed by atoms with E-state index in [2.05, 4.69) is 193 Å². The van der Waals surface area contributed by atoms with E-state index in [4.69, 9.17) is 0 Å². The maximum atomic E-state index is 2.51. The smallest absolute Gasteiger partial charge is 0.0619 e. The molecule has 0 N–H and O–H groups in total. The molecule has 236 valence electrons. The highest BCUT2D eigenvalue weighted by molar-refractivity contribution is 6.24. The van der Waals surface area contributed by atoms with Gasteiger partial charge in [0, 0.05) is 27.2 Å². The van der Waals surface area contributed by atoms with Crippen molar-refractivity contribution in [3.63, 3.8) is 0 Å². The van der Waals surface area contributed by atoms with Gasteiger partial charge in [0.2, 0.25) is 0 Å². The molecule has 0 unspecified atom stereocenters. The van der Waals surface area contributed by atoms with Crippen LogP contribution < -0.4 is 0 Å². The van der Waals surface area contributed by atoms with Crippen molar-refractivity contribution in [2.75, 3.05) is 0 Å². The van der Waals surface area contributed by atoms with Gasteiger partial charge in [0.15, 0.2) is 0 Å². The lowest BCUT2D eigenvalue weighted by molar-refractivity contribution is 1.20. The number of aromatic nitrogens is 1. The van der Waals surface area contributed by atoms with Gasteiger partial charge in [0.05, 0.1) is 11.0 Å². The fourth-order valence-electron chi connectivity index (χ4n) is 8.68. The van der Waals surface area contributed by atoms with Gasteiger partial charge in [-0.2, -0.15) is 0 Å². The summed E-state index contributed by atoms with van der Waals surface area (Å²) in [4.78, 5) is 0. The summed E-state index contributed by atoms with van der Waals surface area (Å²) in [6.45, 7) is 0. The van der Waals surface area contributed by atoms with E-state index in [0.717, 1.165) is 0 Å². The van der Waals surface area contributed by atoms with Crippen LogP contribution >= 0.6 is 0 Å². The van der Waals surface area contributed by atoms with Crippen LogP contribution in [0, 0.1) is 0 Å². The molecular weight excluding hydrogens is 615 g/mol. The predicted octanol–water partition coefficient (Wildman–Crippen LogP) is 13.9. The summed E-state index contributed by atoms with van der Waals surface area (Å²) in [5.74, 6) is 0. The van der Waals surface area contributed by atoms with Gasteiger partial charge in [0.25, 0.3) is 0 Å². The van der Waals surface area contributed by atoms with Crippen molar-refractivity contribution < 1.29 is 0 Å². The van der Waals surface area contributed by atoms with Crippen LogP contribution in [-0.4, -0.2) is 4.57 Å². The molecule has 0 fully saturated rings. The molecular formula is C50H31N. The lowest BCUT2D eigenvalue weighted by Crippen LogP contribution is -1.95. The molecule has 0 aliphatic rings. The summed E-state index contributed by atoms with van der Waals surface area (Å²) >= 11 is 0. The number of hydrogen-bond acceptors (Lipinski definition) is 0. The minimum Gasteiger partial charge on any atom is -0.308 e. The molecule has 0 aliphatic heterocycles. The Kier molecular flexibility index (Phi) is 6.02. The first kappa shape index (κ1) is 28.2. The Morgan fingerprint density at radius 2 is 0.686 bits per heavy atom. The Bertz CT molecular complexity index is 3030.